The first-order chi connectivity index (χ1) is 14.6. The molecule has 0 bridgehead atoms. The average Bonchev–Trinajstić information content (AvgIpc) is 2.72. The Hall–Kier alpha value is -2.15. The molecule has 2 heterocycles. The molecule has 0 spiro atoms. The summed E-state index contributed by atoms with van der Waals surface area (Å²) in [4.78, 5) is 19.2. The Morgan fingerprint density at radius 2 is 1.68 bits per heavy atom. The summed E-state index contributed by atoms with van der Waals surface area (Å²) in [5.74, 6) is 1.15. The third kappa shape index (κ3) is 5.76. The maximum atomic E-state index is 12.3. The highest BCUT2D eigenvalue weighted by atomic mass is 16.6. The highest BCUT2D eigenvalue weighted by molar-refractivity contribution is 5.68. The van der Waals surface area contributed by atoms with Gasteiger partial charge in [-0.1, -0.05) is 13.8 Å². The van der Waals surface area contributed by atoms with Crippen molar-refractivity contribution in [3.8, 4) is 5.75 Å². The van der Waals surface area contributed by atoms with Crippen molar-refractivity contribution in [3.63, 3.8) is 0 Å². The van der Waals surface area contributed by atoms with Gasteiger partial charge in [0.15, 0.2) is 0 Å². The molecule has 2 fully saturated rings. The third-order valence-corrected chi connectivity index (χ3v) is 6.29. The van der Waals surface area contributed by atoms with Crippen molar-refractivity contribution in [1.82, 2.24) is 9.80 Å². The van der Waals surface area contributed by atoms with Crippen LogP contribution in [0.2, 0.25) is 0 Å². The quantitative estimate of drug-likeness (QED) is 0.727. The standard InChI is InChI=1S/C24H40N4O3/c1-17(2)19-15-20(25)22(30-6)16-21(19)27-9-7-18(8-10-27)26-11-13-28(14-12-26)23(29)31-24(3,4)5/h15-18H,7-14,25H2,1-6H3. The number of ether oxygens (including phenoxy) is 2. The third-order valence-electron chi connectivity index (χ3n) is 6.29. The Kier molecular flexibility index (Phi) is 7.24. The molecule has 3 rings (SSSR count). The van der Waals surface area contributed by atoms with E-state index in [1.165, 1.54) is 11.3 Å². The monoisotopic (exact) mass is 432 g/mol. The number of hydrogen-bond donors (Lipinski definition) is 1. The van der Waals surface area contributed by atoms with E-state index >= 15 is 0 Å². The van der Waals surface area contributed by atoms with Gasteiger partial charge in [0.25, 0.3) is 0 Å². The van der Waals surface area contributed by atoms with Crippen LogP contribution < -0.4 is 15.4 Å². The predicted octanol–water partition coefficient (Wildman–Crippen LogP) is 3.92. The van der Waals surface area contributed by atoms with Gasteiger partial charge in [-0.25, -0.2) is 4.79 Å². The SMILES string of the molecule is COc1cc(N2CCC(N3CCN(C(=O)OC(C)(C)C)CC3)CC2)c(C(C)C)cc1N. The van der Waals surface area contributed by atoms with Gasteiger partial charge >= 0.3 is 6.09 Å². The summed E-state index contributed by atoms with van der Waals surface area (Å²) in [6.45, 7) is 15.5. The molecular formula is C24H40N4O3. The van der Waals surface area contributed by atoms with Crippen LogP contribution in [0.5, 0.6) is 5.75 Å². The van der Waals surface area contributed by atoms with Crippen LogP contribution in [0.25, 0.3) is 0 Å². The first-order valence-corrected chi connectivity index (χ1v) is 11.5. The second-order valence-corrected chi connectivity index (χ2v) is 10.0. The molecule has 7 heteroatoms. The second-order valence-electron chi connectivity index (χ2n) is 10.0. The summed E-state index contributed by atoms with van der Waals surface area (Å²) in [6.07, 6.45) is 2.05. The zero-order valence-electron chi connectivity index (χ0n) is 20.1. The van der Waals surface area contributed by atoms with Crippen LogP contribution in [0, 0.1) is 0 Å². The molecule has 2 N–H and O–H groups in total. The number of benzene rings is 1. The average molecular weight is 433 g/mol. The summed E-state index contributed by atoms with van der Waals surface area (Å²) >= 11 is 0. The Bertz CT molecular complexity index is 759. The molecule has 0 aromatic heterocycles. The lowest BCUT2D eigenvalue weighted by Gasteiger charge is -2.43. The van der Waals surface area contributed by atoms with Gasteiger partial charge in [0.2, 0.25) is 0 Å². The summed E-state index contributed by atoms with van der Waals surface area (Å²) in [6, 6.07) is 4.74. The molecule has 1 aromatic rings. The van der Waals surface area contributed by atoms with E-state index in [9.17, 15) is 4.79 Å². The fourth-order valence-corrected chi connectivity index (χ4v) is 4.58. The number of carbonyl (C=O) groups excluding carboxylic acids is 1. The molecule has 0 saturated carbocycles. The van der Waals surface area contributed by atoms with Gasteiger partial charge in [0, 0.05) is 57.1 Å². The Labute approximate surface area is 187 Å². The number of nitrogen functional groups attached to an aromatic ring is 1. The van der Waals surface area contributed by atoms with E-state index in [4.69, 9.17) is 15.2 Å². The van der Waals surface area contributed by atoms with Crippen molar-refractivity contribution in [2.45, 2.75) is 65.0 Å². The highest BCUT2D eigenvalue weighted by Gasteiger charge is 2.31. The summed E-state index contributed by atoms with van der Waals surface area (Å²) in [5.41, 5.74) is 8.95. The van der Waals surface area contributed by atoms with Crippen molar-refractivity contribution in [1.29, 1.82) is 0 Å². The van der Waals surface area contributed by atoms with E-state index in [1.54, 1.807) is 7.11 Å². The molecule has 0 radical (unpaired) electrons. The van der Waals surface area contributed by atoms with Gasteiger partial charge < -0.3 is 25.0 Å². The molecule has 0 aliphatic carbocycles. The second kappa shape index (κ2) is 9.55. The van der Waals surface area contributed by atoms with Crippen molar-refractivity contribution < 1.29 is 14.3 Å². The number of nitrogens with two attached hydrogens (primary N) is 1. The van der Waals surface area contributed by atoms with Crippen molar-refractivity contribution in [2.75, 3.05) is 57.0 Å². The Balaban J connectivity index is 1.57. The number of hydrogen-bond acceptors (Lipinski definition) is 6. The smallest absolute Gasteiger partial charge is 0.410 e. The number of anilines is 2. The number of carbonyl (C=O) groups is 1. The summed E-state index contributed by atoms with van der Waals surface area (Å²) in [5, 5.41) is 0. The van der Waals surface area contributed by atoms with Crippen molar-refractivity contribution in [2.24, 2.45) is 0 Å². The summed E-state index contributed by atoms with van der Waals surface area (Å²) in [7, 11) is 1.67. The molecule has 1 amide bonds. The largest absolute Gasteiger partial charge is 0.495 e. The van der Waals surface area contributed by atoms with Gasteiger partial charge in [0.05, 0.1) is 12.8 Å². The van der Waals surface area contributed by atoms with Crippen LogP contribution in [0.3, 0.4) is 0 Å². The minimum atomic E-state index is -0.444. The number of piperidine rings is 1. The van der Waals surface area contributed by atoms with E-state index < -0.39 is 5.60 Å². The lowest BCUT2D eigenvalue weighted by molar-refractivity contribution is 0.00902. The molecule has 2 aliphatic heterocycles. The number of amides is 1. The molecule has 0 atom stereocenters. The van der Waals surface area contributed by atoms with E-state index in [0.717, 1.165) is 57.9 Å². The van der Waals surface area contributed by atoms with E-state index in [0.29, 0.717) is 17.6 Å². The lowest BCUT2D eigenvalue weighted by Crippen LogP contribution is -2.55. The van der Waals surface area contributed by atoms with E-state index in [1.807, 2.05) is 25.7 Å². The first-order valence-electron chi connectivity index (χ1n) is 11.5. The number of piperazine rings is 1. The topological polar surface area (TPSA) is 71.3 Å². The lowest BCUT2D eigenvalue weighted by atomic mass is 9.96. The van der Waals surface area contributed by atoms with Crippen LogP contribution in [-0.2, 0) is 4.74 Å². The molecule has 31 heavy (non-hydrogen) atoms. The fraction of sp³-hybridized carbons (Fsp3) is 0.708. The minimum Gasteiger partial charge on any atom is -0.495 e. The normalized spacial score (nSPS) is 19.1. The first kappa shape index (κ1) is 23.5. The Morgan fingerprint density at radius 1 is 1.06 bits per heavy atom. The van der Waals surface area contributed by atoms with Gasteiger partial charge in [-0.05, 0) is 51.2 Å². The van der Waals surface area contributed by atoms with Crippen molar-refractivity contribution >= 4 is 17.5 Å². The van der Waals surface area contributed by atoms with Crippen LogP contribution in [0.1, 0.15) is 58.9 Å². The van der Waals surface area contributed by atoms with Gasteiger partial charge in [0.1, 0.15) is 11.4 Å². The van der Waals surface area contributed by atoms with Gasteiger partial charge in [-0.2, -0.15) is 0 Å². The molecule has 2 saturated heterocycles. The predicted molar refractivity (Wildman–Crippen MR) is 126 cm³/mol. The molecule has 174 valence electrons. The fourth-order valence-electron chi connectivity index (χ4n) is 4.58. The summed E-state index contributed by atoms with van der Waals surface area (Å²) < 4.78 is 11.0. The van der Waals surface area contributed by atoms with Gasteiger partial charge in [-0.15, -0.1) is 0 Å². The van der Waals surface area contributed by atoms with Crippen LogP contribution in [0.4, 0.5) is 16.2 Å². The molecule has 1 aromatic carbocycles. The minimum absolute atomic E-state index is 0.194. The van der Waals surface area contributed by atoms with E-state index in [2.05, 4.69) is 35.8 Å². The zero-order valence-corrected chi connectivity index (χ0v) is 20.1. The molecule has 2 aliphatic rings. The molecular weight excluding hydrogens is 392 g/mol. The maximum absolute atomic E-state index is 12.3. The van der Waals surface area contributed by atoms with Crippen LogP contribution >= 0.6 is 0 Å². The maximum Gasteiger partial charge on any atom is 0.410 e. The highest BCUT2D eigenvalue weighted by Crippen LogP contribution is 2.37. The van der Waals surface area contributed by atoms with Gasteiger partial charge in [-0.3, -0.25) is 4.90 Å². The Morgan fingerprint density at radius 3 is 2.19 bits per heavy atom. The van der Waals surface area contributed by atoms with E-state index in [-0.39, 0.29) is 6.09 Å². The van der Waals surface area contributed by atoms with Crippen molar-refractivity contribution in [3.05, 3.63) is 17.7 Å². The van der Waals surface area contributed by atoms with Crippen LogP contribution in [-0.4, -0.2) is 73.9 Å². The van der Waals surface area contributed by atoms with Crippen LogP contribution in [0.15, 0.2) is 12.1 Å². The number of rotatable bonds is 4. The molecule has 7 nitrogen and oxygen atoms in total. The molecule has 0 unspecified atom stereocenters. The number of methoxy groups -OCH3 is 1. The zero-order chi connectivity index (χ0) is 22.8. The number of nitrogens with zero attached hydrogens (tertiary/aromatic N) is 3.